The molecule has 31 heavy (non-hydrogen) atoms. The number of nitrogens with one attached hydrogen (secondary N) is 1. The van der Waals surface area contributed by atoms with Gasteiger partial charge in [0.1, 0.15) is 5.69 Å². The number of hydrogen-bond donors (Lipinski definition) is 2. The van der Waals surface area contributed by atoms with E-state index in [1.54, 1.807) is 41.2 Å². The number of benzene rings is 2. The van der Waals surface area contributed by atoms with Crippen molar-refractivity contribution in [2.45, 2.75) is 0 Å². The quantitative estimate of drug-likeness (QED) is 0.515. The predicted octanol–water partition coefficient (Wildman–Crippen LogP) is 2.47. The van der Waals surface area contributed by atoms with Gasteiger partial charge in [-0.25, -0.2) is 4.52 Å². The normalized spacial score (nSPS) is 14.0. The predicted molar refractivity (Wildman–Crippen MR) is 117 cm³/mol. The number of anilines is 3. The zero-order valence-electron chi connectivity index (χ0n) is 16.7. The van der Waals surface area contributed by atoms with Crippen molar-refractivity contribution in [2.75, 3.05) is 36.5 Å². The van der Waals surface area contributed by atoms with Crippen molar-refractivity contribution in [3.63, 3.8) is 0 Å². The highest BCUT2D eigenvalue weighted by Crippen LogP contribution is 2.24. The van der Waals surface area contributed by atoms with Crippen LogP contribution in [0.15, 0.2) is 60.9 Å². The summed E-state index contributed by atoms with van der Waals surface area (Å²) in [6, 6.07) is 15.1. The molecule has 3 N–H and O–H groups in total. The van der Waals surface area contributed by atoms with Crippen LogP contribution < -0.4 is 16.0 Å². The maximum atomic E-state index is 11.3. The van der Waals surface area contributed by atoms with Crippen LogP contribution >= 0.6 is 0 Å². The van der Waals surface area contributed by atoms with E-state index in [2.05, 4.69) is 37.4 Å². The second-order valence-corrected chi connectivity index (χ2v) is 7.19. The largest absolute Gasteiger partial charge is 0.378 e. The molecule has 3 heterocycles. The number of carbonyl (C=O) groups is 1. The van der Waals surface area contributed by atoms with Gasteiger partial charge in [0.15, 0.2) is 5.65 Å². The summed E-state index contributed by atoms with van der Waals surface area (Å²) >= 11 is 0. The molecule has 2 aromatic carbocycles. The van der Waals surface area contributed by atoms with Crippen LogP contribution in [-0.2, 0) is 4.74 Å². The number of amides is 1. The van der Waals surface area contributed by atoms with Gasteiger partial charge < -0.3 is 20.7 Å². The molecule has 0 aliphatic carbocycles. The standard InChI is InChI=1S/C22H21N7O2/c23-20(30)16-3-1-15(2-4-16)19-21-26-22(27-29(21)10-9-24-19)25-17-5-7-18(8-6-17)28-11-13-31-14-12-28/h1-10H,11-14H2,(H2,23,30)(H,25,27). The lowest BCUT2D eigenvalue weighted by Crippen LogP contribution is -2.36. The zero-order chi connectivity index (χ0) is 21.2. The van der Waals surface area contributed by atoms with Gasteiger partial charge in [-0.3, -0.25) is 9.78 Å². The molecule has 156 valence electrons. The fourth-order valence-corrected chi connectivity index (χ4v) is 3.57. The minimum atomic E-state index is -0.466. The van der Waals surface area contributed by atoms with Gasteiger partial charge in [-0.15, -0.1) is 5.10 Å². The molecule has 0 unspecified atom stereocenters. The molecule has 0 radical (unpaired) electrons. The van der Waals surface area contributed by atoms with Crippen molar-refractivity contribution < 1.29 is 9.53 Å². The summed E-state index contributed by atoms with van der Waals surface area (Å²) in [5.41, 5.74) is 9.94. The average molecular weight is 415 g/mol. The Kier molecular flexibility index (Phi) is 4.93. The Bertz CT molecular complexity index is 1210. The molecule has 1 aliphatic heterocycles. The summed E-state index contributed by atoms with van der Waals surface area (Å²) in [5, 5.41) is 7.76. The summed E-state index contributed by atoms with van der Waals surface area (Å²) in [4.78, 5) is 22.7. The van der Waals surface area contributed by atoms with E-state index in [9.17, 15) is 4.79 Å². The Balaban J connectivity index is 1.39. The van der Waals surface area contributed by atoms with E-state index in [-0.39, 0.29) is 0 Å². The van der Waals surface area contributed by atoms with Crippen LogP contribution in [0.3, 0.4) is 0 Å². The van der Waals surface area contributed by atoms with E-state index in [4.69, 9.17) is 10.5 Å². The van der Waals surface area contributed by atoms with E-state index >= 15 is 0 Å². The molecule has 1 fully saturated rings. The lowest BCUT2D eigenvalue weighted by molar-refractivity contribution is 0.100. The molecular formula is C22H21N7O2. The van der Waals surface area contributed by atoms with E-state index in [1.807, 2.05) is 12.1 Å². The van der Waals surface area contributed by atoms with E-state index in [1.165, 1.54) is 5.69 Å². The molecule has 0 saturated carbocycles. The summed E-state index contributed by atoms with van der Waals surface area (Å²) in [7, 11) is 0. The molecule has 0 atom stereocenters. The van der Waals surface area contributed by atoms with Crippen molar-refractivity contribution in [2.24, 2.45) is 5.73 Å². The lowest BCUT2D eigenvalue weighted by atomic mass is 10.1. The van der Waals surface area contributed by atoms with Gasteiger partial charge >= 0.3 is 0 Å². The first kappa shape index (κ1) is 19.0. The number of ether oxygens (including phenoxy) is 1. The van der Waals surface area contributed by atoms with Crippen LogP contribution in [0.2, 0.25) is 0 Å². The molecule has 0 spiro atoms. The number of primary amides is 1. The van der Waals surface area contributed by atoms with E-state index in [0.717, 1.165) is 37.6 Å². The first-order valence-electron chi connectivity index (χ1n) is 9.99. The maximum Gasteiger partial charge on any atom is 0.248 e. The molecule has 1 aliphatic rings. The summed E-state index contributed by atoms with van der Waals surface area (Å²) in [6.07, 6.45) is 3.41. The number of fused-ring (bicyclic) bond motifs is 1. The fraction of sp³-hybridized carbons (Fsp3) is 0.182. The van der Waals surface area contributed by atoms with Crippen molar-refractivity contribution in [3.05, 3.63) is 66.5 Å². The second kappa shape index (κ2) is 8.04. The highest BCUT2D eigenvalue weighted by atomic mass is 16.5. The molecule has 9 heteroatoms. The third-order valence-electron chi connectivity index (χ3n) is 5.20. The van der Waals surface area contributed by atoms with Crippen molar-refractivity contribution in [3.8, 4) is 11.3 Å². The number of nitrogens with two attached hydrogens (primary N) is 1. The Morgan fingerprint density at radius 1 is 1.03 bits per heavy atom. The topological polar surface area (TPSA) is 111 Å². The van der Waals surface area contributed by atoms with Crippen LogP contribution in [-0.4, -0.2) is 51.8 Å². The van der Waals surface area contributed by atoms with Gasteiger partial charge in [0.05, 0.1) is 13.2 Å². The number of hydrogen-bond acceptors (Lipinski definition) is 7. The number of morpholine rings is 1. The van der Waals surface area contributed by atoms with E-state index in [0.29, 0.717) is 22.9 Å². The Morgan fingerprint density at radius 2 is 1.77 bits per heavy atom. The SMILES string of the molecule is NC(=O)c1ccc(-c2nccn3nc(Nc4ccc(N5CCOCC5)cc4)nc23)cc1. The molecule has 5 rings (SSSR count). The van der Waals surface area contributed by atoms with Gasteiger partial charge in [-0.05, 0) is 36.4 Å². The van der Waals surface area contributed by atoms with Crippen LogP contribution in [0, 0.1) is 0 Å². The number of nitrogens with zero attached hydrogens (tertiary/aromatic N) is 5. The Labute approximate surface area is 178 Å². The van der Waals surface area contributed by atoms with Gasteiger partial charge in [0.2, 0.25) is 11.9 Å². The monoisotopic (exact) mass is 415 g/mol. The van der Waals surface area contributed by atoms with Crippen molar-refractivity contribution >= 4 is 28.9 Å². The summed E-state index contributed by atoms with van der Waals surface area (Å²) in [6.45, 7) is 3.31. The van der Waals surface area contributed by atoms with Gasteiger partial charge in [0, 0.05) is 48.0 Å². The second-order valence-electron chi connectivity index (χ2n) is 7.19. The number of aromatic nitrogens is 4. The number of carbonyl (C=O) groups excluding carboxylic acids is 1. The molecule has 1 saturated heterocycles. The van der Waals surface area contributed by atoms with Crippen molar-refractivity contribution in [1.82, 2.24) is 19.6 Å². The molecule has 2 aromatic heterocycles. The van der Waals surface area contributed by atoms with Gasteiger partial charge in [-0.1, -0.05) is 12.1 Å². The smallest absolute Gasteiger partial charge is 0.248 e. The average Bonchev–Trinajstić information content (AvgIpc) is 3.23. The first-order chi connectivity index (χ1) is 15.2. The first-order valence-corrected chi connectivity index (χ1v) is 9.99. The van der Waals surface area contributed by atoms with Crippen LogP contribution in [0.25, 0.3) is 16.9 Å². The minimum absolute atomic E-state index is 0.444. The van der Waals surface area contributed by atoms with Gasteiger partial charge in [0.25, 0.3) is 0 Å². The Morgan fingerprint density at radius 3 is 2.48 bits per heavy atom. The minimum Gasteiger partial charge on any atom is -0.378 e. The highest BCUT2D eigenvalue weighted by molar-refractivity contribution is 5.93. The van der Waals surface area contributed by atoms with Gasteiger partial charge in [-0.2, -0.15) is 4.98 Å². The maximum absolute atomic E-state index is 11.3. The third kappa shape index (κ3) is 3.90. The highest BCUT2D eigenvalue weighted by Gasteiger charge is 2.13. The van der Waals surface area contributed by atoms with Crippen LogP contribution in [0.4, 0.5) is 17.3 Å². The fourth-order valence-electron chi connectivity index (χ4n) is 3.57. The van der Waals surface area contributed by atoms with Crippen LogP contribution in [0.1, 0.15) is 10.4 Å². The molecule has 4 aromatic rings. The zero-order valence-corrected chi connectivity index (χ0v) is 16.7. The van der Waals surface area contributed by atoms with Crippen molar-refractivity contribution in [1.29, 1.82) is 0 Å². The Hall–Kier alpha value is -3.98. The molecule has 1 amide bonds. The lowest BCUT2D eigenvalue weighted by Gasteiger charge is -2.28. The molecular weight excluding hydrogens is 394 g/mol. The molecule has 9 nitrogen and oxygen atoms in total. The molecule has 0 bridgehead atoms. The summed E-state index contributed by atoms with van der Waals surface area (Å²) < 4.78 is 7.09. The summed E-state index contributed by atoms with van der Waals surface area (Å²) in [5.74, 6) is 0.00782. The third-order valence-corrected chi connectivity index (χ3v) is 5.20. The van der Waals surface area contributed by atoms with E-state index < -0.39 is 5.91 Å². The number of rotatable bonds is 5. The van der Waals surface area contributed by atoms with Crippen LogP contribution in [0.5, 0.6) is 0 Å².